The zero-order chi connectivity index (χ0) is 15.6. The number of phenols is 1. The zero-order valence-corrected chi connectivity index (χ0v) is 13.7. The molecule has 0 aromatic heterocycles. The van der Waals surface area contributed by atoms with Gasteiger partial charge in [-0.2, -0.15) is 0 Å². The fraction of sp³-hybridized carbons (Fsp3) is 0.133. The molecule has 110 valence electrons. The Balaban J connectivity index is 2.33. The first kappa shape index (κ1) is 15.7. The molecular weight excluding hydrogens is 358 g/mol. The number of benzene rings is 2. The number of rotatable bonds is 3. The first-order valence-corrected chi connectivity index (χ1v) is 7.24. The second kappa shape index (κ2) is 6.37. The fourth-order valence-corrected chi connectivity index (χ4v) is 2.52. The van der Waals surface area contributed by atoms with Gasteiger partial charge in [-0.15, -0.1) is 0 Å². The van der Waals surface area contributed by atoms with Crippen LogP contribution in [-0.4, -0.2) is 18.1 Å². The maximum Gasteiger partial charge on any atom is 0.259 e. The number of carbonyl (C=O) groups is 1. The predicted octanol–water partition coefficient (Wildman–Crippen LogP) is 4.38. The Morgan fingerprint density at radius 1 is 1.38 bits per heavy atom. The minimum absolute atomic E-state index is 0.123. The van der Waals surface area contributed by atoms with Crippen molar-refractivity contribution >= 4 is 39.1 Å². The van der Waals surface area contributed by atoms with Crippen LogP contribution in [0.1, 0.15) is 15.9 Å². The summed E-state index contributed by atoms with van der Waals surface area (Å²) in [5.41, 5.74) is 1.54. The van der Waals surface area contributed by atoms with Crippen molar-refractivity contribution in [1.29, 1.82) is 0 Å². The Hall–Kier alpha value is -1.72. The van der Waals surface area contributed by atoms with E-state index in [0.717, 1.165) is 5.56 Å². The Kier molecular flexibility index (Phi) is 4.75. The predicted molar refractivity (Wildman–Crippen MR) is 86.5 cm³/mol. The largest absolute Gasteiger partial charge is 0.504 e. The highest BCUT2D eigenvalue weighted by molar-refractivity contribution is 9.10. The van der Waals surface area contributed by atoms with Gasteiger partial charge in [0.2, 0.25) is 0 Å². The van der Waals surface area contributed by atoms with E-state index in [-0.39, 0.29) is 17.1 Å². The fourth-order valence-electron chi connectivity index (χ4n) is 1.80. The van der Waals surface area contributed by atoms with Crippen molar-refractivity contribution in [1.82, 2.24) is 0 Å². The van der Waals surface area contributed by atoms with Crippen molar-refractivity contribution in [2.75, 3.05) is 12.4 Å². The van der Waals surface area contributed by atoms with Crippen molar-refractivity contribution in [2.45, 2.75) is 6.92 Å². The summed E-state index contributed by atoms with van der Waals surface area (Å²) in [4.78, 5) is 12.3. The summed E-state index contributed by atoms with van der Waals surface area (Å²) in [6, 6.07) is 8.17. The Morgan fingerprint density at radius 3 is 2.76 bits per heavy atom. The van der Waals surface area contributed by atoms with Crippen LogP contribution in [0.5, 0.6) is 11.5 Å². The van der Waals surface area contributed by atoms with Gasteiger partial charge in [0.1, 0.15) is 0 Å². The molecule has 0 aliphatic rings. The van der Waals surface area contributed by atoms with Crippen LogP contribution in [0, 0.1) is 6.92 Å². The standard InChI is InChI=1S/C15H13BrClNO3/c1-8-6-10(16)12(7-11(8)17)18-15(20)9-4-3-5-13(21-2)14(9)19/h3-7,19H,1-2H3,(H,18,20). The molecular formula is C15H13BrClNO3. The van der Waals surface area contributed by atoms with E-state index in [1.54, 1.807) is 18.2 Å². The van der Waals surface area contributed by atoms with Crippen molar-refractivity contribution < 1.29 is 14.6 Å². The van der Waals surface area contributed by atoms with E-state index in [9.17, 15) is 9.90 Å². The molecule has 0 saturated heterocycles. The molecule has 6 heteroatoms. The van der Waals surface area contributed by atoms with Crippen molar-refractivity contribution in [3.63, 3.8) is 0 Å². The number of halogens is 2. The van der Waals surface area contributed by atoms with E-state index >= 15 is 0 Å². The van der Waals surface area contributed by atoms with Crippen LogP contribution in [-0.2, 0) is 0 Å². The van der Waals surface area contributed by atoms with Crippen LogP contribution in [0.25, 0.3) is 0 Å². The van der Waals surface area contributed by atoms with Crippen LogP contribution in [0.3, 0.4) is 0 Å². The third kappa shape index (κ3) is 3.31. The topological polar surface area (TPSA) is 58.6 Å². The van der Waals surface area contributed by atoms with E-state index in [4.69, 9.17) is 16.3 Å². The lowest BCUT2D eigenvalue weighted by molar-refractivity contribution is 0.102. The van der Waals surface area contributed by atoms with E-state index in [1.165, 1.54) is 13.2 Å². The van der Waals surface area contributed by atoms with E-state index in [1.807, 2.05) is 13.0 Å². The molecule has 0 fully saturated rings. The number of nitrogens with one attached hydrogen (secondary N) is 1. The molecule has 0 heterocycles. The monoisotopic (exact) mass is 369 g/mol. The van der Waals surface area contributed by atoms with Crippen LogP contribution < -0.4 is 10.1 Å². The molecule has 0 bridgehead atoms. The lowest BCUT2D eigenvalue weighted by atomic mass is 10.1. The van der Waals surface area contributed by atoms with Crippen molar-refractivity contribution in [3.05, 3.63) is 51.0 Å². The lowest BCUT2D eigenvalue weighted by Gasteiger charge is -2.11. The molecule has 2 aromatic carbocycles. The molecule has 0 radical (unpaired) electrons. The minimum atomic E-state index is -0.452. The average molecular weight is 371 g/mol. The van der Waals surface area contributed by atoms with Gasteiger partial charge >= 0.3 is 0 Å². The highest BCUT2D eigenvalue weighted by atomic mass is 79.9. The molecule has 0 saturated carbocycles. The summed E-state index contributed by atoms with van der Waals surface area (Å²) in [5, 5.41) is 13.2. The van der Waals surface area contributed by atoms with Gasteiger partial charge in [0.25, 0.3) is 5.91 Å². The molecule has 0 aliphatic heterocycles. The summed E-state index contributed by atoms with van der Waals surface area (Å²) in [5.74, 6) is -0.414. The summed E-state index contributed by atoms with van der Waals surface area (Å²) < 4.78 is 5.69. The molecule has 21 heavy (non-hydrogen) atoms. The molecule has 0 atom stereocenters. The second-order valence-electron chi connectivity index (χ2n) is 4.39. The van der Waals surface area contributed by atoms with E-state index < -0.39 is 5.91 Å². The van der Waals surface area contributed by atoms with Crippen LogP contribution >= 0.6 is 27.5 Å². The number of carbonyl (C=O) groups excluding carboxylic acids is 1. The SMILES string of the molecule is COc1cccc(C(=O)Nc2cc(Cl)c(C)cc2Br)c1O. The van der Waals surface area contributed by atoms with Gasteiger partial charge in [0.15, 0.2) is 11.5 Å². The number of phenolic OH excluding ortho intramolecular Hbond substituents is 1. The number of aromatic hydroxyl groups is 1. The third-order valence-corrected chi connectivity index (χ3v) is 4.02. The van der Waals surface area contributed by atoms with E-state index in [2.05, 4.69) is 21.2 Å². The average Bonchev–Trinajstić information content (AvgIpc) is 2.44. The first-order valence-electron chi connectivity index (χ1n) is 6.07. The lowest BCUT2D eigenvalue weighted by Crippen LogP contribution is -2.13. The quantitative estimate of drug-likeness (QED) is 0.843. The van der Waals surface area contributed by atoms with Crippen LogP contribution in [0.15, 0.2) is 34.8 Å². The van der Waals surface area contributed by atoms with Gasteiger partial charge in [-0.1, -0.05) is 17.7 Å². The number of methoxy groups -OCH3 is 1. The molecule has 0 spiro atoms. The number of anilines is 1. The number of ether oxygens (including phenoxy) is 1. The highest BCUT2D eigenvalue weighted by Crippen LogP contribution is 2.32. The van der Waals surface area contributed by atoms with Crippen LogP contribution in [0.2, 0.25) is 5.02 Å². The first-order chi connectivity index (χ1) is 9.93. The minimum Gasteiger partial charge on any atom is -0.504 e. The van der Waals surface area contributed by atoms with Gasteiger partial charge < -0.3 is 15.2 Å². The maximum absolute atomic E-state index is 12.3. The second-order valence-corrected chi connectivity index (χ2v) is 5.65. The summed E-state index contributed by atoms with van der Waals surface area (Å²) in [6.07, 6.45) is 0. The van der Waals surface area contributed by atoms with Crippen molar-refractivity contribution in [2.24, 2.45) is 0 Å². The molecule has 1 amide bonds. The summed E-state index contributed by atoms with van der Waals surface area (Å²) >= 11 is 9.42. The molecule has 2 rings (SSSR count). The molecule has 0 unspecified atom stereocenters. The molecule has 0 aliphatic carbocycles. The maximum atomic E-state index is 12.3. The van der Waals surface area contributed by atoms with Crippen LogP contribution in [0.4, 0.5) is 5.69 Å². The van der Waals surface area contributed by atoms with Gasteiger partial charge in [-0.3, -0.25) is 4.79 Å². The van der Waals surface area contributed by atoms with Gasteiger partial charge in [0, 0.05) is 9.50 Å². The Morgan fingerprint density at radius 2 is 2.10 bits per heavy atom. The third-order valence-electron chi connectivity index (χ3n) is 2.96. The number of para-hydroxylation sites is 1. The Bertz CT molecular complexity index is 704. The zero-order valence-electron chi connectivity index (χ0n) is 11.4. The van der Waals surface area contributed by atoms with Gasteiger partial charge in [-0.05, 0) is 52.7 Å². The number of aryl methyl sites for hydroxylation is 1. The van der Waals surface area contributed by atoms with E-state index in [0.29, 0.717) is 15.2 Å². The summed E-state index contributed by atoms with van der Waals surface area (Å²) in [6.45, 7) is 1.87. The molecule has 2 aromatic rings. The Labute approximate surface area is 135 Å². The van der Waals surface area contributed by atoms with Crippen molar-refractivity contribution in [3.8, 4) is 11.5 Å². The summed E-state index contributed by atoms with van der Waals surface area (Å²) in [7, 11) is 1.42. The number of hydrogen-bond acceptors (Lipinski definition) is 3. The molecule has 2 N–H and O–H groups in total. The highest BCUT2D eigenvalue weighted by Gasteiger charge is 2.16. The van der Waals surface area contributed by atoms with Gasteiger partial charge in [-0.25, -0.2) is 0 Å². The van der Waals surface area contributed by atoms with Gasteiger partial charge in [0.05, 0.1) is 18.4 Å². The molecule has 4 nitrogen and oxygen atoms in total. The smallest absolute Gasteiger partial charge is 0.259 e. The normalized spacial score (nSPS) is 10.3. The number of hydrogen-bond donors (Lipinski definition) is 2. The number of amides is 1.